The predicted molar refractivity (Wildman–Crippen MR) is 192 cm³/mol. The molecule has 7 aromatic carbocycles. The van der Waals surface area contributed by atoms with Crippen molar-refractivity contribution in [2.75, 3.05) is 0 Å². The maximum Gasteiger partial charge on any atom is 0.165 e. The molecule has 0 aliphatic heterocycles. The Balaban J connectivity index is 1.41. The number of hydrogen-bond acceptors (Lipinski definition) is 2. The lowest BCUT2D eigenvalue weighted by Crippen LogP contribution is -2.15. The van der Waals surface area contributed by atoms with Gasteiger partial charge in [0.1, 0.15) is 5.69 Å². The molecule has 0 atom stereocenters. The molecule has 216 valence electrons. The van der Waals surface area contributed by atoms with Gasteiger partial charge in [-0.1, -0.05) is 123 Å². The van der Waals surface area contributed by atoms with Crippen LogP contribution in [0.25, 0.3) is 82.6 Å². The molecule has 0 saturated carbocycles. The Morgan fingerprint density at radius 1 is 0.500 bits per heavy atom. The molecular formula is C43H29N3. The Morgan fingerprint density at radius 2 is 1.15 bits per heavy atom. The first-order valence-corrected chi connectivity index (χ1v) is 15.9. The van der Waals surface area contributed by atoms with Crippen molar-refractivity contribution in [3.05, 3.63) is 151 Å². The minimum atomic E-state index is -0.163. The molecule has 1 aliphatic rings. The average molecular weight is 588 g/mol. The van der Waals surface area contributed by atoms with E-state index in [1.54, 1.807) is 0 Å². The van der Waals surface area contributed by atoms with E-state index >= 15 is 0 Å². The van der Waals surface area contributed by atoms with Gasteiger partial charge in [-0.15, -0.1) is 0 Å². The van der Waals surface area contributed by atoms with E-state index in [4.69, 9.17) is 9.97 Å². The molecule has 2 heterocycles. The lowest BCUT2D eigenvalue weighted by molar-refractivity contribution is 0.666. The summed E-state index contributed by atoms with van der Waals surface area (Å²) in [5.41, 5.74) is 11.3. The molecule has 0 saturated heterocycles. The van der Waals surface area contributed by atoms with Crippen molar-refractivity contribution in [3.63, 3.8) is 0 Å². The first-order chi connectivity index (χ1) is 22.6. The van der Waals surface area contributed by atoms with Gasteiger partial charge in [-0.05, 0) is 74.1 Å². The van der Waals surface area contributed by atoms with Gasteiger partial charge in [-0.3, -0.25) is 4.57 Å². The molecule has 46 heavy (non-hydrogen) atoms. The van der Waals surface area contributed by atoms with Crippen LogP contribution < -0.4 is 0 Å². The Hall–Kier alpha value is -5.80. The second-order valence-corrected chi connectivity index (χ2v) is 13.0. The monoisotopic (exact) mass is 587 g/mol. The van der Waals surface area contributed by atoms with E-state index < -0.39 is 0 Å². The molecule has 0 amide bonds. The van der Waals surface area contributed by atoms with E-state index in [2.05, 4.69) is 146 Å². The van der Waals surface area contributed by atoms with E-state index in [-0.39, 0.29) is 5.41 Å². The van der Waals surface area contributed by atoms with Crippen molar-refractivity contribution in [1.29, 1.82) is 0 Å². The Morgan fingerprint density at radius 3 is 2.00 bits per heavy atom. The van der Waals surface area contributed by atoms with Crippen LogP contribution in [0.15, 0.2) is 140 Å². The zero-order chi connectivity index (χ0) is 30.6. The van der Waals surface area contributed by atoms with Crippen LogP contribution in [0.4, 0.5) is 0 Å². The fourth-order valence-corrected chi connectivity index (χ4v) is 8.05. The molecule has 0 unspecified atom stereocenters. The van der Waals surface area contributed by atoms with Gasteiger partial charge in [0.15, 0.2) is 5.82 Å². The van der Waals surface area contributed by atoms with E-state index in [0.29, 0.717) is 0 Å². The fraction of sp³-hybridized carbons (Fsp3) is 0.0698. The summed E-state index contributed by atoms with van der Waals surface area (Å²) in [6.45, 7) is 4.75. The molecular weight excluding hydrogens is 558 g/mol. The smallest absolute Gasteiger partial charge is 0.165 e. The summed E-state index contributed by atoms with van der Waals surface area (Å²) in [7, 11) is 0. The van der Waals surface area contributed by atoms with Gasteiger partial charge in [0.05, 0.1) is 22.1 Å². The summed E-state index contributed by atoms with van der Waals surface area (Å²) in [4.78, 5) is 10.8. The van der Waals surface area contributed by atoms with Gasteiger partial charge in [0, 0.05) is 21.8 Å². The highest BCUT2D eigenvalue weighted by molar-refractivity contribution is 6.18. The molecule has 0 spiro atoms. The standard InChI is InChI=1S/C43H29N3/c1-43(2)34-19-8-7-17-30(34)31-22-23-37-39(40(31)43)33-24-27-13-3-4-14-28(27)25-38(33)46(37)42-41(44-35-20-9-10-21-36(35)45-42)32-18-11-15-26-12-5-6-16-29(26)32/h3-25H,1-2H3. The molecule has 0 bridgehead atoms. The number of para-hydroxylation sites is 2. The number of nitrogens with zero attached hydrogens (tertiary/aromatic N) is 3. The van der Waals surface area contributed by atoms with Crippen molar-refractivity contribution in [1.82, 2.24) is 14.5 Å². The molecule has 3 nitrogen and oxygen atoms in total. The average Bonchev–Trinajstić information content (AvgIpc) is 3.54. The number of fused-ring (bicyclic) bond motifs is 10. The molecule has 1 aliphatic carbocycles. The van der Waals surface area contributed by atoms with Gasteiger partial charge in [-0.2, -0.15) is 0 Å². The number of rotatable bonds is 2. The minimum Gasteiger partial charge on any atom is -0.292 e. The third-order valence-electron chi connectivity index (χ3n) is 10.1. The van der Waals surface area contributed by atoms with Crippen molar-refractivity contribution in [2.45, 2.75) is 19.3 Å². The zero-order valence-corrected chi connectivity index (χ0v) is 25.6. The lowest BCUT2D eigenvalue weighted by atomic mass is 9.80. The minimum absolute atomic E-state index is 0.163. The van der Waals surface area contributed by atoms with Crippen LogP contribution in [-0.2, 0) is 5.41 Å². The Labute approximate surface area is 266 Å². The molecule has 0 N–H and O–H groups in total. The van der Waals surface area contributed by atoms with E-state index in [1.807, 2.05) is 12.1 Å². The SMILES string of the molecule is CC1(C)c2ccccc2-c2ccc3c(c21)c1cc2ccccc2cc1n3-c1nc2ccccc2nc1-c1cccc2ccccc12. The summed E-state index contributed by atoms with van der Waals surface area (Å²) >= 11 is 0. The first-order valence-electron chi connectivity index (χ1n) is 15.9. The summed E-state index contributed by atoms with van der Waals surface area (Å²) < 4.78 is 2.38. The number of hydrogen-bond donors (Lipinski definition) is 0. The molecule has 3 heteroatoms. The van der Waals surface area contributed by atoms with Crippen LogP contribution >= 0.6 is 0 Å². The van der Waals surface area contributed by atoms with Gasteiger partial charge < -0.3 is 0 Å². The van der Waals surface area contributed by atoms with Crippen LogP contribution in [0.3, 0.4) is 0 Å². The van der Waals surface area contributed by atoms with Crippen molar-refractivity contribution in [3.8, 4) is 28.2 Å². The Bertz CT molecular complexity index is 2720. The first kappa shape index (κ1) is 25.5. The van der Waals surface area contributed by atoms with Gasteiger partial charge in [0.25, 0.3) is 0 Å². The largest absolute Gasteiger partial charge is 0.292 e. The van der Waals surface area contributed by atoms with Crippen LogP contribution in [0.5, 0.6) is 0 Å². The van der Waals surface area contributed by atoms with E-state index in [0.717, 1.165) is 39.1 Å². The summed E-state index contributed by atoms with van der Waals surface area (Å²) in [6.07, 6.45) is 0. The quantitative estimate of drug-likeness (QED) is 0.201. The van der Waals surface area contributed by atoms with Crippen LogP contribution in [0.1, 0.15) is 25.0 Å². The van der Waals surface area contributed by atoms with Crippen LogP contribution in [0, 0.1) is 0 Å². The van der Waals surface area contributed by atoms with Gasteiger partial charge in [-0.25, -0.2) is 9.97 Å². The Kier molecular flexibility index (Phi) is 5.06. The number of aromatic nitrogens is 3. The third-order valence-corrected chi connectivity index (χ3v) is 10.1. The fourth-order valence-electron chi connectivity index (χ4n) is 8.05. The van der Waals surface area contributed by atoms with Crippen LogP contribution in [0.2, 0.25) is 0 Å². The van der Waals surface area contributed by atoms with Crippen molar-refractivity contribution < 1.29 is 0 Å². The maximum atomic E-state index is 5.45. The van der Waals surface area contributed by atoms with E-state index in [9.17, 15) is 0 Å². The summed E-state index contributed by atoms with van der Waals surface area (Å²) in [5.74, 6) is 0.846. The molecule has 2 aromatic heterocycles. The van der Waals surface area contributed by atoms with Crippen molar-refractivity contribution >= 4 is 54.4 Å². The zero-order valence-electron chi connectivity index (χ0n) is 25.6. The van der Waals surface area contributed by atoms with Crippen molar-refractivity contribution in [2.24, 2.45) is 0 Å². The molecule has 0 radical (unpaired) electrons. The lowest BCUT2D eigenvalue weighted by Gasteiger charge is -2.22. The molecule has 10 rings (SSSR count). The second-order valence-electron chi connectivity index (χ2n) is 13.0. The van der Waals surface area contributed by atoms with E-state index in [1.165, 1.54) is 54.6 Å². The molecule has 0 fully saturated rings. The van der Waals surface area contributed by atoms with Crippen LogP contribution in [-0.4, -0.2) is 14.5 Å². The topological polar surface area (TPSA) is 30.7 Å². The second kappa shape index (κ2) is 9.12. The van der Waals surface area contributed by atoms with Gasteiger partial charge in [0.2, 0.25) is 0 Å². The summed E-state index contributed by atoms with van der Waals surface area (Å²) in [6, 6.07) is 50.2. The predicted octanol–water partition coefficient (Wildman–Crippen LogP) is 11.0. The molecule has 9 aromatic rings. The van der Waals surface area contributed by atoms with Gasteiger partial charge >= 0.3 is 0 Å². The summed E-state index contributed by atoms with van der Waals surface area (Å²) in [5, 5.41) is 7.33. The maximum absolute atomic E-state index is 5.45. The normalized spacial score (nSPS) is 13.6. The number of benzene rings is 7. The highest BCUT2D eigenvalue weighted by Gasteiger charge is 2.38. The third kappa shape index (κ3) is 3.37. The highest BCUT2D eigenvalue weighted by atomic mass is 15.1. The highest BCUT2D eigenvalue weighted by Crippen LogP contribution is 2.53.